The van der Waals surface area contributed by atoms with Crippen LogP contribution in [-0.2, 0) is 19.3 Å². The fraction of sp³-hybridized carbons (Fsp3) is 0.333. The molecule has 0 bridgehead atoms. The van der Waals surface area contributed by atoms with Crippen molar-refractivity contribution in [3.63, 3.8) is 0 Å². The van der Waals surface area contributed by atoms with Crippen molar-refractivity contribution in [2.75, 3.05) is 0 Å². The van der Waals surface area contributed by atoms with E-state index < -0.39 is 46.4 Å². The zero-order chi connectivity index (χ0) is 23.7. The lowest BCUT2D eigenvalue weighted by molar-refractivity contribution is 0.443. The van der Waals surface area contributed by atoms with E-state index in [4.69, 9.17) is 0 Å². The molecule has 1 aliphatic carbocycles. The van der Waals surface area contributed by atoms with Crippen LogP contribution in [0.1, 0.15) is 60.8 Å². The summed E-state index contributed by atoms with van der Waals surface area (Å²) in [6.07, 6.45) is 3.34. The van der Waals surface area contributed by atoms with Gasteiger partial charge in [-0.25, -0.2) is 26.3 Å². The Bertz CT molecular complexity index is 1140. The van der Waals surface area contributed by atoms with Gasteiger partial charge in [0, 0.05) is 5.56 Å². The van der Waals surface area contributed by atoms with Gasteiger partial charge in [-0.2, -0.15) is 0 Å². The molecule has 33 heavy (non-hydrogen) atoms. The molecule has 0 aromatic heterocycles. The number of hydrogen-bond donors (Lipinski definition) is 0. The standard InChI is InChI=1S/C27H24F6/c1-2-3-4-5-15-12-21(29)23(22(30)13-15)17-8-11-19-20(14-17)26(32)27(33)24(25(19)31)16-6-9-18(28)10-7-16/h6-7,9-10,12-13,17H,2-5,8,11,14H2,1H3. The van der Waals surface area contributed by atoms with Gasteiger partial charge in [0.05, 0.1) is 5.56 Å². The van der Waals surface area contributed by atoms with E-state index in [1.165, 1.54) is 24.3 Å². The molecule has 174 valence electrons. The van der Waals surface area contributed by atoms with E-state index in [0.29, 0.717) is 12.0 Å². The fourth-order valence-electron chi connectivity index (χ4n) is 4.76. The molecule has 0 radical (unpaired) electrons. The highest BCUT2D eigenvalue weighted by Crippen LogP contribution is 2.41. The minimum atomic E-state index is -1.38. The van der Waals surface area contributed by atoms with Crippen molar-refractivity contribution in [1.29, 1.82) is 0 Å². The largest absolute Gasteiger partial charge is 0.207 e. The first-order chi connectivity index (χ1) is 15.8. The van der Waals surface area contributed by atoms with Crippen LogP contribution in [0.5, 0.6) is 0 Å². The molecule has 0 spiro atoms. The average molecular weight is 462 g/mol. The summed E-state index contributed by atoms with van der Waals surface area (Å²) in [7, 11) is 0. The van der Waals surface area contributed by atoms with Gasteiger partial charge in [-0.1, -0.05) is 31.9 Å². The molecule has 0 N–H and O–H groups in total. The van der Waals surface area contributed by atoms with E-state index in [1.54, 1.807) is 0 Å². The summed E-state index contributed by atoms with van der Waals surface area (Å²) in [6, 6.07) is 7.05. The minimum absolute atomic E-state index is 0.00137. The van der Waals surface area contributed by atoms with Gasteiger partial charge < -0.3 is 0 Å². The van der Waals surface area contributed by atoms with Gasteiger partial charge in [-0.05, 0) is 84.5 Å². The van der Waals surface area contributed by atoms with Crippen LogP contribution in [-0.4, -0.2) is 0 Å². The molecule has 0 saturated carbocycles. The number of aryl methyl sites for hydroxylation is 1. The Labute approximate surface area is 189 Å². The molecule has 0 aliphatic heterocycles. The van der Waals surface area contributed by atoms with Crippen LogP contribution in [0.4, 0.5) is 26.3 Å². The highest BCUT2D eigenvalue weighted by atomic mass is 19.2. The van der Waals surface area contributed by atoms with Gasteiger partial charge in [0.2, 0.25) is 0 Å². The number of hydrogen-bond acceptors (Lipinski definition) is 0. The van der Waals surface area contributed by atoms with E-state index in [1.807, 2.05) is 6.92 Å². The Hall–Kier alpha value is -2.76. The highest BCUT2D eigenvalue weighted by molar-refractivity contribution is 5.67. The molecule has 0 saturated heterocycles. The van der Waals surface area contributed by atoms with Gasteiger partial charge >= 0.3 is 0 Å². The molecule has 3 aromatic rings. The minimum Gasteiger partial charge on any atom is -0.207 e. The lowest BCUT2D eigenvalue weighted by Gasteiger charge is -2.28. The molecule has 0 heterocycles. The molecule has 1 unspecified atom stereocenters. The molecular weight excluding hydrogens is 438 g/mol. The van der Waals surface area contributed by atoms with Gasteiger partial charge in [0.15, 0.2) is 11.6 Å². The quantitative estimate of drug-likeness (QED) is 0.197. The fourth-order valence-corrected chi connectivity index (χ4v) is 4.76. The number of halogens is 6. The van der Waals surface area contributed by atoms with Crippen LogP contribution in [0.2, 0.25) is 0 Å². The van der Waals surface area contributed by atoms with Crippen LogP contribution in [0.3, 0.4) is 0 Å². The molecule has 1 aliphatic rings. The Kier molecular flexibility index (Phi) is 6.82. The zero-order valence-electron chi connectivity index (χ0n) is 18.3. The average Bonchev–Trinajstić information content (AvgIpc) is 2.78. The predicted molar refractivity (Wildman–Crippen MR) is 116 cm³/mol. The molecule has 4 rings (SSSR count). The van der Waals surface area contributed by atoms with Crippen LogP contribution in [0.25, 0.3) is 11.1 Å². The first-order valence-corrected chi connectivity index (χ1v) is 11.2. The smallest absolute Gasteiger partial charge is 0.169 e. The summed E-state index contributed by atoms with van der Waals surface area (Å²) in [6.45, 7) is 2.04. The van der Waals surface area contributed by atoms with Gasteiger partial charge in [0.25, 0.3) is 0 Å². The molecule has 6 heteroatoms. The number of fused-ring (bicyclic) bond motifs is 1. The van der Waals surface area contributed by atoms with E-state index in [2.05, 4.69) is 0 Å². The van der Waals surface area contributed by atoms with Crippen molar-refractivity contribution in [2.24, 2.45) is 0 Å². The summed E-state index contributed by atoms with van der Waals surface area (Å²) >= 11 is 0. The summed E-state index contributed by atoms with van der Waals surface area (Å²) in [5.41, 5.74) is -0.336. The Morgan fingerprint density at radius 1 is 0.788 bits per heavy atom. The summed E-state index contributed by atoms with van der Waals surface area (Å²) in [4.78, 5) is 0. The Balaban J connectivity index is 1.68. The first kappa shape index (κ1) is 23.4. The maximum Gasteiger partial charge on any atom is 0.169 e. The van der Waals surface area contributed by atoms with Gasteiger partial charge in [-0.15, -0.1) is 0 Å². The van der Waals surface area contributed by atoms with Crippen molar-refractivity contribution in [3.05, 3.63) is 93.6 Å². The van der Waals surface area contributed by atoms with Crippen molar-refractivity contribution in [1.82, 2.24) is 0 Å². The monoisotopic (exact) mass is 462 g/mol. The lowest BCUT2D eigenvalue weighted by atomic mass is 9.78. The molecule has 0 amide bonds. The molecule has 0 fully saturated rings. The number of benzene rings is 3. The maximum atomic E-state index is 15.2. The van der Waals surface area contributed by atoms with E-state index >= 15 is 8.78 Å². The van der Waals surface area contributed by atoms with Gasteiger partial charge in [-0.3, -0.25) is 0 Å². The summed E-state index contributed by atoms with van der Waals surface area (Å²) in [5.74, 6) is -6.26. The topological polar surface area (TPSA) is 0 Å². The lowest BCUT2D eigenvalue weighted by Crippen LogP contribution is -2.20. The molecule has 1 atom stereocenters. The summed E-state index contributed by atoms with van der Waals surface area (Å²) < 4.78 is 88.0. The predicted octanol–water partition coefficient (Wildman–Crippen LogP) is 8.19. The Morgan fingerprint density at radius 3 is 2.09 bits per heavy atom. The molecule has 0 nitrogen and oxygen atoms in total. The third-order valence-electron chi connectivity index (χ3n) is 6.47. The van der Waals surface area contributed by atoms with Crippen molar-refractivity contribution < 1.29 is 26.3 Å². The molecule has 3 aromatic carbocycles. The maximum absolute atomic E-state index is 15.2. The highest BCUT2D eigenvalue weighted by Gasteiger charge is 2.33. The Morgan fingerprint density at radius 2 is 1.45 bits per heavy atom. The van der Waals surface area contributed by atoms with Crippen molar-refractivity contribution in [3.8, 4) is 11.1 Å². The summed E-state index contributed by atoms with van der Waals surface area (Å²) in [5, 5.41) is 0. The number of unbranched alkanes of at least 4 members (excludes halogenated alkanes) is 2. The second-order valence-electron chi connectivity index (χ2n) is 8.65. The first-order valence-electron chi connectivity index (χ1n) is 11.2. The van der Waals surface area contributed by atoms with E-state index in [-0.39, 0.29) is 41.5 Å². The number of rotatable bonds is 6. The van der Waals surface area contributed by atoms with Crippen LogP contribution < -0.4 is 0 Å². The van der Waals surface area contributed by atoms with Gasteiger partial charge in [0.1, 0.15) is 23.3 Å². The normalized spacial score (nSPS) is 15.5. The third kappa shape index (κ3) is 4.53. The molecular formula is C27H24F6. The van der Waals surface area contributed by atoms with Crippen LogP contribution >= 0.6 is 0 Å². The SMILES string of the molecule is CCCCCc1cc(F)c(C2CCc3c(F)c(-c4ccc(F)cc4)c(F)c(F)c3C2)c(F)c1. The van der Waals surface area contributed by atoms with Crippen LogP contribution in [0, 0.1) is 34.9 Å². The third-order valence-corrected chi connectivity index (χ3v) is 6.47. The van der Waals surface area contributed by atoms with E-state index in [0.717, 1.165) is 31.4 Å². The van der Waals surface area contributed by atoms with Crippen molar-refractivity contribution in [2.45, 2.75) is 57.8 Å². The zero-order valence-corrected chi connectivity index (χ0v) is 18.3. The van der Waals surface area contributed by atoms with E-state index in [9.17, 15) is 17.6 Å². The van der Waals surface area contributed by atoms with Crippen molar-refractivity contribution >= 4 is 0 Å². The second-order valence-corrected chi connectivity index (χ2v) is 8.65. The van der Waals surface area contributed by atoms with Crippen LogP contribution in [0.15, 0.2) is 36.4 Å². The second kappa shape index (κ2) is 9.62.